The van der Waals surface area contributed by atoms with Crippen molar-refractivity contribution in [3.05, 3.63) is 53.6 Å². The fourth-order valence-corrected chi connectivity index (χ4v) is 4.76. The van der Waals surface area contributed by atoms with E-state index in [-0.39, 0.29) is 17.1 Å². The molecule has 4 rings (SSSR count). The SMILES string of the molecule is Cc1ccc(O)c(-c2cccc(C(=O)N3CCC[C@@]4(CCN(C)C4)C3)c2)c1. The van der Waals surface area contributed by atoms with Crippen LogP contribution in [-0.2, 0) is 0 Å². The summed E-state index contributed by atoms with van der Waals surface area (Å²) in [7, 11) is 2.17. The highest BCUT2D eigenvalue weighted by Gasteiger charge is 2.41. The summed E-state index contributed by atoms with van der Waals surface area (Å²) < 4.78 is 0. The normalized spacial score (nSPS) is 23.1. The topological polar surface area (TPSA) is 43.8 Å². The number of phenolic OH excluding ortho intramolecular Hbond substituents is 1. The molecule has 1 atom stereocenters. The van der Waals surface area contributed by atoms with E-state index in [2.05, 4.69) is 11.9 Å². The van der Waals surface area contributed by atoms with Crippen LogP contribution >= 0.6 is 0 Å². The number of benzene rings is 2. The molecule has 2 saturated heterocycles. The van der Waals surface area contributed by atoms with Crippen LogP contribution in [0, 0.1) is 12.3 Å². The Morgan fingerprint density at radius 2 is 1.93 bits per heavy atom. The third-order valence-corrected chi connectivity index (χ3v) is 6.15. The molecule has 0 radical (unpaired) electrons. The minimum atomic E-state index is 0.109. The number of amides is 1. The molecule has 1 amide bonds. The molecule has 2 fully saturated rings. The first kappa shape index (κ1) is 18.1. The first-order valence-electron chi connectivity index (χ1n) is 9.84. The summed E-state index contributed by atoms with van der Waals surface area (Å²) in [4.78, 5) is 17.6. The van der Waals surface area contributed by atoms with Crippen LogP contribution in [0.25, 0.3) is 11.1 Å². The van der Waals surface area contributed by atoms with Crippen LogP contribution in [0.15, 0.2) is 42.5 Å². The number of piperidine rings is 1. The van der Waals surface area contributed by atoms with Crippen molar-refractivity contribution in [1.82, 2.24) is 9.80 Å². The molecule has 0 aromatic heterocycles. The predicted octanol–water partition coefficient (Wildman–Crippen LogP) is 3.93. The van der Waals surface area contributed by atoms with Crippen molar-refractivity contribution in [2.24, 2.45) is 5.41 Å². The number of phenols is 1. The van der Waals surface area contributed by atoms with Crippen LogP contribution < -0.4 is 0 Å². The molecule has 0 bridgehead atoms. The number of carbonyl (C=O) groups is 1. The number of aromatic hydroxyl groups is 1. The van der Waals surface area contributed by atoms with Gasteiger partial charge in [0, 0.05) is 36.2 Å². The first-order chi connectivity index (χ1) is 13.0. The van der Waals surface area contributed by atoms with E-state index in [1.54, 1.807) is 6.07 Å². The van der Waals surface area contributed by atoms with E-state index in [1.165, 1.54) is 12.8 Å². The van der Waals surface area contributed by atoms with Gasteiger partial charge in [-0.1, -0.05) is 23.8 Å². The summed E-state index contributed by atoms with van der Waals surface area (Å²) >= 11 is 0. The van der Waals surface area contributed by atoms with Crippen LogP contribution in [0.3, 0.4) is 0 Å². The predicted molar refractivity (Wildman–Crippen MR) is 108 cm³/mol. The Labute approximate surface area is 161 Å². The molecule has 142 valence electrons. The average Bonchev–Trinajstić information content (AvgIpc) is 3.03. The van der Waals surface area contributed by atoms with E-state index in [0.29, 0.717) is 5.56 Å². The summed E-state index contributed by atoms with van der Waals surface area (Å²) in [5.41, 5.74) is 3.72. The Bertz CT molecular complexity index is 859. The Kier molecular flexibility index (Phi) is 4.68. The third kappa shape index (κ3) is 3.59. The molecule has 2 heterocycles. The zero-order chi connectivity index (χ0) is 19.0. The molecule has 1 N–H and O–H groups in total. The number of carbonyl (C=O) groups excluding carboxylic acids is 1. The highest BCUT2D eigenvalue weighted by Crippen LogP contribution is 2.39. The summed E-state index contributed by atoms with van der Waals surface area (Å²) in [6, 6.07) is 13.2. The lowest BCUT2D eigenvalue weighted by molar-refractivity contribution is 0.0534. The highest BCUT2D eigenvalue weighted by molar-refractivity contribution is 5.95. The van der Waals surface area contributed by atoms with Gasteiger partial charge in [-0.25, -0.2) is 0 Å². The summed E-state index contributed by atoms with van der Waals surface area (Å²) in [6.45, 7) is 5.92. The van der Waals surface area contributed by atoms with Crippen molar-refractivity contribution in [3.8, 4) is 16.9 Å². The molecule has 4 nitrogen and oxygen atoms in total. The summed E-state index contributed by atoms with van der Waals surface area (Å²) in [5, 5.41) is 10.2. The molecule has 2 aliphatic heterocycles. The minimum Gasteiger partial charge on any atom is -0.507 e. The van der Waals surface area contributed by atoms with E-state index in [1.807, 2.05) is 48.2 Å². The maximum atomic E-state index is 13.2. The van der Waals surface area contributed by atoms with Crippen LogP contribution in [0.1, 0.15) is 35.2 Å². The van der Waals surface area contributed by atoms with Gasteiger partial charge in [-0.3, -0.25) is 4.79 Å². The summed E-state index contributed by atoms with van der Waals surface area (Å²) in [5.74, 6) is 0.355. The van der Waals surface area contributed by atoms with Gasteiger partial charge in [0.2, 0.25) is 0 Å². The second-order valence-corrected chi connectivity index (χ2v) is 8.42. The average molecular weight is 364 g/mol. The van der Waals surface area contributed by atoms with E-state index < -0.39 is 0 Å². The minimum absolute atomic E-state index is 0.109. The molecule has 0 saturated carbocycles. The van der Waals surface area contributed by atoms with E-state index in [4.69, 9.17) is 0 Å². The molecular weight excluding hydrogens is 336 g/mol. The largest absolute Gasteiger partial charge is 0.507 e. The maximum Gasteiger partial charge on any atom is 0.253 e. The summed E-state index contributed by atoms with van der Waals surface area (Å²) in [6.07, 6.45) is 3.49. The van der Waals surface area contributed by atoms with Gasteiger partial charge >= 0.3 is 0 Å². The Morgan fingerprint density at radius 1 is 1.07 bits per heavy atom. The van der Waals surface area contributed by atoms with Crippen molar-refractivity contribution in [2.75, 3.05) is 33.2 Å². The molecular formula is C23H28N2O2. The monoisotopic (exact) mass is 364 g/mol. The molecule has 2 aromatic rings. The Morgan fingerprint density at radius 3 is 2.70 bits per heavy atom. The van der Waals surface area contributed by atoms with Crippen LogP contribution in [0.5, 0.6) is 5.75 Å². The molecule has 0 aliphatic carbocycles. The standard InChI is InChI=1S/C23H28N2O2/c1-17-7-8-21(26)20(13-17)18-5-3-6-19(14-18)22(27)25-11-4-9-23(16-25)10-12-24(2)15-23/h3,5-8,13-14,26H,4,9-12,15-16H2,1-2H3/t23-/m0/s1. The number of likely N-dealkylation sites (tertiary alicyclic amines) is 2. The van der Waals surface area contributed by atoms with E-state index in [9.17, 15) is 9.90 Å². The molecule has 2 aromatic carbocycles. The van der Waals surface area contributed by atoms with Crippen LogP contribution in [0.2, 0.25) is 0 Å². The molecule has 4 heteroatoms. The quantitative estimate of drug-likeness (QED) is 0.878. The molecule has 2 aliphatic rings. The fourth-order valence-electron chi connectivity index (χ4n) is 4.76. The van der Waals surface area contributed by atoms with Crippen molar-refractivity contribution in [1.29, 1.82) is 0 Å². The number of aryl methyl sites for hydroxylation is 1. The lowest BCUT2D eigenvalue weighted by atomic mass is 9.79. The molecule has 0 unspecified atom stereocenters. The van der Waals surface area contributed by atoms with Gasteiger partial charge in [-0.05, 0) is 69.6 Å². The second kappa shape index (κ2) is 7.01. The smallest absolute Gasteiger partial charge is 0.253 e. The fraction of sp³-hybridized carbons (Fsp3) is 0.435. The second-order valence-electron chi connectivity index (χ2n) is 8.42. The van der Waals surface area contributed by atoms with Gasteiger partial charge in [0.05, 0.1) is 0 Å². The van der Waals surface area contributed by atoms with E-state index >= 15 is 0 Å². The third-order valence-electron chi connectivity index (χ3n) is 6.15. The van der Waals surface area contributed by atoms with Gasteiger partial charge in [-0.2, -0.15) is 0 Å². The first-order valence-corrected chi connectivity index (χ1v) is 9.84. The Hall–Kier alpha value is -2.33. The molecule has 1 spiro atoms. The lowest BCUT2D eigenvalue weighted by Crippen LogP contribution is -2.47. The van der Waals surface area contributed by atoms with Gasteiger partial charge in [0.25, 0.3) is 5.91 Å². The van der Waals surface area contributed by atoms with Crippen LogP contribution in [0.4, 0.5) is 0 Å². The maximum absolute atomic E-state index is 13.2. The van der Waals surface area contributed by atoms with Gasteiger partial charge in [0.1, 0.15) is 5.75 Å². The Balaban J connectivity index is 1.58. The van der Waals surface area contributed by atoms with Crippen LogP contribution in [-0.4, -0.2) is 54.0 Å². The number of nitrogens with zero attached hydrogens (tertiary/aromatic N) is 2. The van der Waals surface area contributed by atoms with E-state index in [0.717, 1.165) is 49.3 Å². The van der Waals surface area contributed by atoms with Crippen molar-refractivity contribution >= 4 is 5.91 Å². The number of hydrogen-bond acceptors (Lipinski definition) is 3. The zero-order valence-electron chi connectivity index (χ0n) is 16.2. The van der Waals surface area contributed by atoms with Crippen molar-refractivity contribution in [3.63, 3.8) is 0 Å². The van der Waals surface area contributed by atoms with Gasteiger partial charge < -0.3 is 14.9 Å². The highest BCUT2D eigenvalue weighted by atomic mass is 16.3. The molecule has 27 heavy (non-hydrogen) atoms. The van der Waals surface area contributed by atoms with Gasteiger partial charge in [0.15, 0.2) is 0 Å². The number of rotatable bonds is 2. The number of hydrogen-bond donors (Lipinski definition) is 1. The lowest BCUT2D eigenvalue weighted by Gasteiger charge is -2.40. The van der Waals surface area contributed by atoms with Gasteiger partial charge in [-0.15, -0.1) is 0 Å². The van der Waals surface area contributed by atoms with Crippen molar-refractivity contribution < 1.29 is 9.90 Å². The van der Waals surface area contributed by atoms with Crippen molar-refractivity contribution in [2.45, 2.75) is 26.2 Å². The zero-order valence-corrected chi connectivity index (χ0v) is 16.2.